The van der Waals surface area contributed by atoms with Gasteiger partial charge in [-0.2, -0.15) is 0 Å². The van der Waals surface area contributed by atoms with Crippen molar-refractivity contribution in [1.29, 1.82) is 0 Å². The number of aliphatic hydroxyl groups excluding tert-OH is 1. The van der Waals surface area contributed by atoms with Crippen LogP contribution < -0.4 is 5.32 Å². The molecule has 0 unspecified atom stereocenters. The average Bonchev–Trinajstić information content (AvgIpc) is 2.33. The number of halogens is 3. The zero-order valence-electron chi connectivity index (χ0n) is 9.38. The zero-order chi connectivity index (χ0) is 13.5. The van der Waals surface area contributed by atoms with Gasteiger partial charge in [-0.1, -0.05) is 23.2 Å². The molecule has 0 aliphatic carbocycles. The van der Waals surface area contributed by atoms with Crippen LogP contribution in [-0.2, 0) is 4.74 Å². The predicted octanol–water partition coefficient (Wildman–Crippen LogP) is 2.34. The van der Waals surface area contributed by atoms with Gasteiger partial charge in [0.15, 0.2) is 0 Å². The molecule has 0 saturated carbocycles. The highest BCUT2D eigenvalue weighted by atomic mass is 127. The normalized spacial score (nSPS) is 10.4. The molecule has 1 aromatic rings. The molecule has 1 aromatic carbocycles. The number of hydrogen-bond donors (Lipinski definition) is 2. The third kappa shape index (κ3) is 4.89. The highest BCUT2D eigenvalue weighted by Gasteiger charge is 2.13. The number of aliphatic hydroxyl groups is 1. The van der Waals surface area contributed by atoms with Crippen LogP contribution in [0.15, 0.2) is 12.1 Å². The van der Waals surface area contributed by atoms with Crippen LogP contribution in [0.3, 0.4) is 0 Å². The number of carbonyl (C=O) groups excluding carboxylic acids is 1. The maximum Gasteiger partial charge on any atom is 0.252 e. The highest BCUT2D eigenvalue weighted by Crippen LogP contribution is 2.26. The quantitative estimate of drug-likeness (QED) is 0.435. The molecule has 0 aliphatic rings. The third-order valence-electron chi connectivity index (χ3n) is 2.01. The smallest absolute Gasteiger partial charge is 0.252 e. The van der Waals surface area contributed by atoms with Gasteiger partial charge < -0.3 is 15.2 Å². The lowest BCUT2D eigenvalue weighted by Gasteiger charge is -2.08. The standard InChI is InChI=1S/C11H12Cl2INO3/c12-7-5-8(10(14)9(13)6-7)11(17)15-1-3-18-4-2-16/h5-6,16H,1-4H2,(H,15,17). The molecule has 0 radical (unpaired) electrons. The van der Waals surface area contributed by atoms with Crippen LogP contribution in [0.25, 0.3) is 0 Å². The first-order chi connectivity index (χ1) is 8.56. The van der Waals surface area contributed by atoms with Crippen molar-refractivity contribution in [2.75, 3.05) is 26.4 Å². The number of amides is 1. The van der Waals surface area contributed by atoms with Crippen LogP contribution in [0.2, 0.25) is 10.0 Å². The van der Waals surface area contributed by atoms with Crippen LogP contribution in [0.4, 0.5) is 0 Å². The topological polar surface area (TPSA) is 58.6 Å². The van der Waals surface area contributed by atoms with Gasteiger partial charge in [0.05, 0.1) is 30.4 Å². The van der Waals surface area contributed by atoms with Crippen molar-refractivity contribution in [2.45, 2.75) is 0 Å². The molecule has 18 heavy (non-hydrogen) atoms. The van der Waals surface area contributed by atoms with Crippen LogP contribution in [-0.4, -0.2) is 37.4 Å². The summed E-state index contributed by atoms with van der Waals surface area (Å²) in [6.45, 7) is 0.933. The molecule has 1 amide bonds. The fourth-order valence-electron chi connectivity index (χ4n) is 1.22. The Morgan fingerprint density at radius 3 is 2.78 bits per heavy atom. The Morgan fingerprint density at radius 1 is 1.39 bits per heavy atom. The van der Waals surface area contributed by atoms with Crippen molar-refractivity contribution >= 4 is 51.7 Å². The molecular weight excluding hydrogens is 392 g/mol. The predicted molar refractivity (Wildman–Crippen MR) is 79.4 cm³/mol. The van der Waals surface area contributed by atoms with E-state index in [0.29, 0.717) is 32.3 Å². The SMILES string of the molecule is O=C(NCCOCCO)c1cc(Cl)cc(Cl)c1I. The third-order valence-corrected chi connectivity index (χ3v) is 4.00. The minimum absolute atomic E-state index is 0.0320. The van der Waals surface area contributed by atoms with E-state index in [1.165, 1.54) is 0 Å². The number of nitrogens with one attached hydrogen (secondary N) is 1. The van der Waals surface area contributed by atoms with E-state index in [1.54, 1.807) is 12.1 Å². The molecule has 100 valence electrons. The van der Waals surface area contributed by atoms with E-state index in [0.717, 1.165) is 0 Å². The van der Waals surface area contributed by atoms with Gasteiger partial charge in [0.2, 0.25) is 0 Å². The van der Waals surface area contributed by atoms with E-state index in [2.05, 4.69) is 5.32 Å². The Labute approximate surface area is 129 Å². The molecular formula is C11H12Cl2INO3. The second kappa shape index (κ2) is 8.16. The fraction of sp³-hybridized carbons (Fsp3) is 0.364. The Hall–Kier alpha value is -0.0800. The number of benzene rings is 1. The Morgan fingerprint density at radius 2 is 2.11 bits per heavy atom. The van der Waals surface area contributed by atoms with Crippen molar-refractivity contribution in [3.05, 3.63) is 31.3 Å². The fourth-order valence-corrected chi connectivity index (χ4v) is 2.27. The van der Waals surface area contributed by atoms with Gasteiger partial charge in [-0.15, -0.1) is 0 Å². The molecule has 0 fully saturated rings. The van der Waals surface area contributed by atoms with Gasteiger partial charge in [0.25, 0.3) is 5.91 Å². The van der Waals surface area contributed by atoms with Crippen LogP contribution >= 0.6 is 45.8 Å². The second-order valence-electron chi connectivity index (χ2n) is 3.34. The highest BCUT2D eigenvalue weighted by molar-refractivity contribution is 14.1. The summed E-state index contributed by atoms with van der Waals surface area (Å²) in [6, 6.07) is 3.16. The van der Waals surface area contributed by atoms with Crippen molar-refractivity contribution < 1.29 is 14.6 Å². The molecule has 0 spiro atoms. The van der Waals surface area contributed by atoms with E-state index in [1.807, 2.05) is 22.6 Å². The summed E-state index contributed by atoms with van der Waals surface area (Å²) in [6.07, 6.45) is 0. The summed E-state index contributed by atoms with van der Waals surface area (Å²) in [7, 11) is 0. The first-order valence-corrected chi connectivity index (χ1v) is 7.01. The Bertz CT molecular complexity index is 429. The number of ether oxygens (including phenoxy) is 1. The lowest BCUT2D eigenvalue weighted by molar-refractivity contribution is 0.0837. The largest absolute Gasteiger partial charge is 0.394 e. The maximum absolute atomic E-state index is 11.9. The summed E-state index contributed by atoms with van der Waals surface area (Å²) in [5.41, 5.74) is 0.440. The van der Waals surface area contributed by atoms with Crippen molar-refractivity contribution in [1.82, 2.24) is 5.32 Å². The Kier molecular flexibility index (Phi) is 7.25. The van der Waals surface area contributed by atoms with Gasteiger partial charge in [-0.3, -0.25) is 4.79 Å². The summed E-state index contributed by atoms with van der Waals surface area (Å²) in [5, 5.41) is 12.1. The minimum Gasteiger partial charge on any atom is -0.394 e. The van der Waals surface area contributed by atoms with Crippen LogP contribution in [0.5, 0.6) is 0 Å². The van der Waals surface area contributed by atoms with Crippen molar-refractivity contribution in [2.24, 2.45) is 0 Å². The summed E-state index contributed by atoms with van der Waals surface area (Å²) in [5.74, 6) is -0.253. The Balaban J connectivity index is 2.56. The van der Waals surface area contributed by atoms with E-state index in [9.17, 15) is 4.79 Å². The summed E-state index contributed by atoms with van der Waals surface area (Å²) >= 11 is 13.8. The molecule has 1 rings (SSSR count). The van der Waals surface area contributed by atoms with Crippen molar-refractivity contribution in [3.63, 3.8) is 0 Å². The first-order valence-electron chi connectivity index (χ1n) is 5.17. The van der Waals surface area contributed by atoms with Crippen LogP contribution in [0.1, 0.15) is 10.4 Å². The van der Waals surface area contributed by atoms with Gasteiger partial charge in [0, 0.05) is 15.1 Å². The monoisotopic (exact) mass is 403 g/mol. The number of hydrogen-bond acceptors (Lipinski definition) is 3. The molecule has 0 bridgehead atoms. The number of rotatable bonds is 6. The maximum atomic E-state index is 11.9. The lowest BCUT2D eigenvalue weighted by Crippen LogP contribution is -2.28. The van der Waals surface area contributed by atoms with Gasteiger partial charge in [-0.05, 0) is 34.7 Å². The first kappa shape index (κ1) is 16.0. The van der Waals surface area contributed by atoms with Gasteiger partial charge in [-0.25, -0.2) is 0 Å². The lowest BCUT2D eigenvalue weighted by atomic mass is 10.2. The molecule has 7 heteroatoms. The molecule has 0 aliphatic heterocycles. The number of carbonyl (C=O) groups is 1. The summed E-state index contributed by atoms with van der Waals surface area (Å²) in [4.78, 5) is 11.9. The summed E-state index contributed by atoms with van der Waals surface area (Å²) < 4.78 is 5.69. The minimum atomic E-state index is -0.253. The molecule has 4 nitrogen and oxygen atoms in total. The van der Waals surface area contributed by atoms with E-state index in [4.69, 9.17) is 33.0 Å². The van der Waals surface area contributed by atoms with Gasteiger partial charge >= 0.3 is 0 Å². The average molecular weight is 404 g/mol. The zero-order valence-corrected chi connectivity index (χ0v) is 13.1. The molecule has 0 heterocycles. The van der Waals surface area contributed by atoms with E-state index in [-0.39, 0.29) is 19.1 Å². The molecule has 0 atom stereocenters. The molecule has 0 aromatic heterocycles. The van der Waals surface area contributed by atoms with Gasteiger partial charge in [0.1, 0.15) is 0 Å². The van der Waals surface area contributed by atoms with Crippen LogP contribution in [0, 0.1) is 3.57 Å². The van der Waals surface area contributed by atoms with E-state index < -0.39 is 0 Å². The van der Waals surface area contributed by atoms with E-state index >= 15 is 0 Å². The second-order valence-corrected chi connectivity index (χ2v) is 5.26. The molecule has 0 saturated heterocycles. The molecule has 2 N–H and O–H groups in total. The van der Waals surface area contributed by atoms with Crippen molar-refractivity contribution in [3.8, 4) is 0 Å².